The number of ether oxygens (including phenoxy) is 2. The maximum atomic E-state index is 14.4. The van der Waals surface area contributed by atoms with E-state index in [0.717, 1.165) is 62.1 Å². The predicted octanol–water partition coefficient (Wildman–Crippen LogP) is 6.58. The number of carbonyl (C=O) groups excluding carboxylic acids is 5. The van der Waals surface area contributed by atoms with Crippen LogP contribution in [0.3, 0.4) is 0 Å². The number of aromatic nitrogens is 1. The molecule has 1 aliphatic heterocycles. The first-order valence-corrected chi connectivity index (χ1v) is 21.1. The lowest BCUT2D eigenvalue weighted by atomic mass is 9.91. The third kappa shape index (κ3) is 13.0. The van der Waals surface area contributed by atoms with Crippen molar-refractivity contribution < 1.29 is 46.6 Å². The van der Waals surface area contributed by atoms with E-state index in [1.54, 1.807) is 24.3 Å². The first kappa shape index (κ1) is 46.6. The Labute approximate surface area is 344 Å². The van der Waals surface area contributed by atoms with E-state index in [0.29, 0.717) is 29.3 Å². The molecule has 0 spiro atoms. The predicted molar refractivity (Wildman–Crippen MR) is 214 cm³/mol. The highest BCUT2D eigenvalue weighted by atomic mass is 32.1. The quantitative estimate of drug-likeness (QED) is 0.150. The van der Waals surface area contributed by atoms with Crippen LogP contribution in [0.5, 0.6) is 0 Å². The number of likely N-dealkylation sites (tertiary alicyclic amines) is 1. The first-order chi connectivity index (χ1) is 27.3. The molecule has 7 atom stereocenters. The zero-order valence-corrected chi connectivity index (χ0v) is 35.7. The highest BCUT2D eigenvalue weighted by molar-refractivity contribution is 7.09. The second-order valence-corrected chi connectivity index (χ2v) is 17.3. The van der Waals surface area contributed by atoms with E-state index in [9.17, 15) is 37.1 Å². The number of rotatable bonds is 19. The third-order valence-corrected chi connectivity index (χ3v) is 12.5. The Morgan fingerprint density at radius 2 is 1.67 bits per heavy atom. The molecule has 3 amide bonds. The number of halogens is 3. The number of nitrogens with one attached hydrogen (secondary N) is 2. The number of thiazole rings is 1. The van der Waals surface area contributed by atoms with Gasteiger partial charge in [-0.2, -0.15) is 13.2 Å². The molecule has 12 nitrogen and oxygen atoms in total. The standard InChI is InChI=1S/C42H60F3N5O7S/c1-24(2)34(50(7)40(54)36(26(4)29-15-16-29)48-38(53)33-11-9-10-20-49(33)6)22-35(57-27(5)51)39-47-32(23-58-39)37(52)46-31(21-25(3)41(55)56-8)19-14-28-12-17-30(18-13-28)42(43,44)45/h12-13,17-18,23-26,29,31,33-36H,9-11,14-16,19-22H2,1-8H3,(H,46,52)(H,48,53)/t25-,26-,31-,33+,34+,35+,36-/m0/s1. The van der Waals surface area contributed by atoms with Crippen LogP contribution in [0.25, 0.3) is 0 Å². The minimum absolute atomic E-state index is 0.0571. The van der Waals surface area contributed by atoms with Gasteiger partial charge in [-0.3, -0.25) is 28.9 Å². The Kier molecular flexibility index (Phi) is 16.7. The molecule has 2 fully saturated rings. The summed E-state index contributed by atoms with van der Waals surface area (Å²) in [4.78, 5) is 74.6. The van der Waals surface area contributed by atoms with Crippen LogP contribution in [0.1, 0.15) is 119 Å². The summed E-state index contributed by atoms with van der Waals surface area (Å²) >= 11 is 1.13. The van der Waals surface area contributed by atoms with Crippen molar-refractivity contribution in [3.8, 4) is 0 Å². The Morgan fingerprint density at radius 1 is 1.00 bits per heavy atom. The summed E-state index contributed by atoms with van der Waals surface area (Å²) in [6.45, 7) is 9.72. The molecule has 0 bridgehead atoms. The maximum absolute atomic E-state index is 14.4. The lowest BCUT2D eigenvalue weighted by molar-refractivity contribution is -0.149. The van der Waals surface area contributed by atoms with Gasteiger partial charge in [-0.25, -0.2) is 4.98 Å². The topological polar surface area (TPSA) is 147 Å². The fraction of sp³-hybridized carbons (Fsp3) is 0.667. The number of nitrogens with zero attached hydrogens (tertiary/aromatic N) is 3. The second-order valence-electron chi connectivity index (χ2n) is 16.4. The Balaban J connectivity index is 1.50. The van der Waals surface area contributed by atoms with Crippen LogP contribution in [0.4, 0.5) is 13.2 Å². The molecule has 2 heterocycles. The van der Waals surface area contributed by atoms with Gasteiger partial charge in [0.1, 0.15) is 16.7 Å². The molecule has 2 aromatic rings. The fourth-order valence-corrected chi connectivity index (χ4v) is 8.66. The summed E-state index contributed by atoms with van der Waals surface area (Å²) in [5.74, 6) is -2.33. The number of piperidine rings is 1. The summed E-state index contributed by atoms with van der Waals surface area (Å²) in [6.07, 6.45) is 0.402. The highest BCUT2D eigenvalue weighted by Crippen LogP contribution is 2.39. The van der Waals surface area contributed by atoms with E-state index in [1.807, 2.05) is 32.7 Å². The molecule has 1 saturated carbocycles. The molecule has 0 unspecified atom stereocenters. The molecule has 58 heavy (non-hydrogen) atoms. The molecule has 1 aliphatic carbocycles. The number of hydrogen-bond donors (Lipinski definition) is 2. The lowest BCUT2D eigenvalue weighted by Crippen LogP contribution is -2.58. The van der Waals surface area contributed by atoms with Crippen molar-refractivity contribution in [2.24, 2.45) is 23.7 Å². The molecule has 16 heteroatoms. The van der Waals surface area contributed by atoms with E-state index in [1.165, 1.54) is 26.2 Å². The largest absolute Gasteiger partial charge is 0.469 e. The Bertz CT molecular complexity index is 1720. The van der Waals surface area contributed by atoms with Crippen LogP contribution in [0.2, 0.25) is 0 Å². The average Bonchev–Trinajstić information content (AvgIpc) is 3.91. The Hall–Kier alpha value is -4.05. The number of esters is 2. The number of likely N-dealkylation sites (N-methyl/N-ethyl adjacent to an activating group) is 2. The molecule has 1 aromatic heterocycles. The molecule has 2 N–H and O–H groups in total. The van der Waals surface area contributed by atoms with Crippen LogP contribution in [-0.2, 0) is 41.2 Å². The van der Waals surface area contributed by atoms with Crippen molar-refractivity contribution in [1.29, 1.82) is 0 Å². The third-order valence-electron chi connectivity index (χ3n) is 11.6. The van der Waals surface area contributed by atoms with E-state index in [-0.39, 0.29) is 48.2 Å². The van der Waals surface area contributed by atoms with Gasteiger partial charge in [-0.1, -0.05) is 46.2 Å². The fourth-order valence-electron chi connectivity index (χ4n) is 7.82. The SMILES string of the molecule is COC(=O)[C@@H](C)C[C@H](CCc1ccc(C(F)(F)F)cc1)NC(=O)c1csc([C@@H](C[C@H](C(C)C)N(C)C(=O)[C@@H](NC(=O)[C@H]2CCCCN2C)[C@@H](C)C2CC2)OC(C)=O)n1. The van der Waals surface area contributed by atoms with Crippen molar-refractivity contribution in [2.75, 3.05) is 27.7 Å². The van der Waals surface area contributed by atoms with Gasteiger partial charge in [0.05, 0.1) is 24.6 Å². The summed E-state index contributed by atoms with van der Waals surface area (Å²) in [5.41, 5.74) is -0.0702. The number of aryl methyl sites for hydroxylation is 1. The van der Waals surface area contributed by atoms with Gasteiger partial charge in [0, 0.05) is 37.9 Å². The summed E-state index contributed by atoms with van der Waals surface area (Å²) < 4.78 is 50.0. The monoisotopic (exact) mass is 835 g/mol. The summed E-state index contributed by atoms with van der Waals surface area (Å²) in [7, 11) is 4.92. The second kappa shape index (κ2) is 20.8. The van der Waals surface area contributed by atoms with Crippen molar-refractivity contribution in [2.45, 2.75) is 129 Å². The number of benzene rings is 1. The Morgan fingerprint density at radius 3 is 2.24 bits per heavy atom. The molecule has 1 saturated heterocycles. The van der Waals surface area contributed by atoms with Gasteiger partial charge in [0.25, 0.3) is 5.91 Å². The minimum atomic E-state index is -4.46. The van der Waals surface area contributed by atoms with Gasteiger partial charge >= 0.3 is 18.1 Å². The average molecular weight is 836 g/mol. The number of amides is 3. The van der Waals surface area contributed by atoms with Gasteiger partial charge in [-0.15, -0.1) is 11.3 Å². The molecule has 322 valence electrons. The van der Waals surface area contributed by atoms with Crippen molar-refractivity contribution >= 4 is 41.0 Å². The number of alkyl halides is 3. The highest BCUT2D eigenvalue weighted by Gasteiger charge is 2.42. The number of methoxy groups -OCH3 is 1. The van der Waals surface area contributed by atoms with Crippen LogP contribution in [0.15, 0.2) is 29.6 Å². The molecule has 1 aromatic carbocycles. The van der Waals surface area contributed by atoms with E-state index in [4.69, 9.17) is 9.47 Å². The van der Waals surface area contributed by atoms with Crippen molar-refractivity contribution in [3.05, 3.63) is 51.5 Å². The van der Waals surface area contributed by atoms with Crippen LogP contribution >= 0.6 is 11.3 Å². The van der Waals surface area contributed by atoms with Crippen LogP contribution < -0.4 is 10.6 Å². The van der Waals surface area contributed by atoms with Gasteiger partial charge in [0.15, 0.2) is 6.10 Å². The van der Waals surface area contributed by atoms with Crippen molar-refractivity contribution in [1.82, 2.24) is 25.4 Å². The van der Waals surface area contributed by atoms with E-state index >= 15 is 0 Å². The molecular formula is C42H60F3N5O7S. The van der Waals surface area contributed by atoms with E-state index < -0.39 is 59.7 Å². The van der Waals surface area contributed by atoms with Crippen molar-refractivity contribution in [3.63, 3.8) is 0 Å². The normalized spacial score (nSPS) is 19.3. The zero-order chi connectivity index (χ0) is 42.9. The summed E-state index contributed by atoms with van der Waals surface area (Å²) in [6, 6.07) is 2.79. The molecular weight excluding hydrogens is 776 g/mol. The molecule has 2 aliphatic rings. The first-order valence-electron chi connectivity index (χ1n) is 20.2. The smallest absolute Gasteiger partial charge is 0.416 e. The zero-order valence-electron chi connectivity index (χ0n) is 34.9. The number of hydrogen-bond acceptors (Lipinski definition) is 10. The van der Waals surface area contributed by atoms with Gasteiger partial charge in [-0.05, 0) is 94.0 Å². The van der Waals surface area contributed by atoms with Gasteiger partial charge < -0.3 is 25.0 Å². The molecule has 4 rings (SSSR count). The van der Waals surface area contributed by atoms with E-state index in [2.05, 4.69) is 15.6 Å². The molecule has 0 radical (unpaired) electrons. The summed E-state index contributed by atoms with van der Waals surface area (Å²) in [5, 5.41) is 7.96. The van der Waals surface area contributed by atoms with Crippen LogP contribution in [-0.4, -0.2) is 96.4 Å². The lowest BCUT2D eigenvalue weighted by Gasteiger charge is -2.38. The maximum Gasteiger partial charge on any atom is 0.416 e. The minimum Gasteiger partial charge on any atom is -0.469 e. The number of carbonyl (C=O) groups is 5. The van der Waals surface area contributed by atoms with Crippen LogP contribution in [0, 0.1) is 23.7 Å². The van der Waals surface area contributed by atoms with Gasteiger partial charge in [0.2, 0.25) is 11.8 Å².